The van der Waals surface area contributed by atoms with E-state index in [0.717, 1.165) is 11.3 Å². The van der Waals surface area contributed by atoms with Crippen LogP contribution < -0.4 is 14.8 Å². The Morgan fingerprint density at radius 1 is 1.12 bits per heavy atom. The molecule has 1 N–H and O–H groups in total. The molecule has 5 nitrogen and oxygen atoms in total. The Morgan fingerprint density at radius 3 is 2.42 bits per heavy atom. The van der Waals surface area contributed by atoms with E-state index in [0.29, 0.717) is 11.4 Å². The molecule has 0 aliphatic carbocycles. The maximum absolute atomic E-state index is 12.5. The molecule has 24 heavy (non-hydrogen) atoms. The van der Waals surface area contributed by atoms with Gasteiger partial charge in [-0.05, 0) is 35.7 Å². The van der Waals surface area contributed by atoms with Crippen molar-refractivity contribution in [2.24, 2.45) is 5.92 Å². The molecule has 0 bridgehead atoms. The first-order valence-corrected chi connectivity index (χ1v) is 7.96. The Hall–Kier alpha value is -2.56. The number of hydrogen-bond donors (Lipinski definition) is 1. The molecule has 1 atom stereocenters. The first-order chi connectivity index (χ1) is 11.5. The van der Waals surface area contributed by atoms with Crippen LogP contribution in [0.4, 0.5) is 0 Å². The summed E-state index contributed by atoms with van der Waals surface area (Å²) in [5.74, 6) is 1.60. The van der Waals surface area contributed by atoms with Gasteiger partial charge in [0.2, 0.25) is 5.91 Å². The molecule has 128 valence electrons. The zero-order valence-corrected chi connectivity index (χ0v) is 14.6. The van der Waals surface area contributed by atoms with Gasteiger partial charge in [-0.2, -0.15) is 0 Å². The lowest BCUT2D eigenvalue weighted by Crippen LogP contribution is -2.33. The number of methoxy groups -OCH3 is 2. The van der Waals surface area contributed by atoms with Crippen molar-refractivity contribution in [3.63, 3.8) is 0 Å². The lowest BCUT2D eigenvalue weighted by atomic mass is 9.95. The van der Waals surface area contributed by atoms with E-state index in [4.69, 9.17) is 9.47 Å². The van der Waals surface area contributed by atoms with Crippen LogP contribution in [0.2, 0.25) is 0 Å². The number of nitrogens with one attached hydrogen (secondary N) is 1. The Bertz CT molecular complexity index is 669. The van der Waals surface area contributed by atoms with Gasteiger partial charge in [0.05, 0.1) is 32.4 Å². The first-order valence-electron chi connectivity index (χ1n) is 7.96. The average molecular weight is 328 g/mol. The van der Waals surface area contributed by atoms with E-state index in [1.807, 2.05) is 24.3 Å². The molecule has 0 saturated heterocycles. The monoisotopic (exact) mass is 328 g/mol. The fourth-order valence-corrected chi connectivity index (χ4v) is 2.56. The smallest absolute Gasteiger partial charge is 0.226 e. The van der Waals surface area contributed by atoms with E-state index in [-0.39, 0.29) is 24.3 Å². The lowest BCUT2D eigenvalue weighted by molar-refractivity contribution is -0.121. The molecule has 2 aromatic rings. The summed E-state index contributed by atoms with van der Waals surface area (Å²) >= 11 is 0. The largest absolute Gasteiger partial charge is 0.497 e. The molecular formula is C19H24N2O3. The minimum absolute atomic E-state index is 0.0712. The highest BCUT2D eigenvalue weighted by Crippen LogP contribution is 2.24. The van der Waals surface area contributed by atoms with Gasteiger partial charge < -0.3 is 14.8 Å². The van der Waals surface area contributed by atoms with Gasteiger partial charge in [-0.15, -0.1) is 0 Å². The van der Waals surface area contributed by atoms with Crippen LogP contribution in [-0.2, 0) is 11.2 Å². The number of hydrogen-bond acceptors (Lipinski definition) is 4. The Balaban J connectivity index is 2.10. The number of ether oxygens (including phenoxy) is 2. The summed E-state index contributed by atoms with van der Waals surface area (Å²) in [5, 5.41) is 3.09. The molecule has 1 aromatic carbocycles. The third-order valence-corrected chi connectivity index (χ3v) is 3.85. The zero-order valence-electron chi connectivity index (χ0n) is 14.6. The molecule has 0 unspecified atom stereocenters. The molecule has 0 aliphatic heterocycles. The zero-order chi connectivity index (χ0) is 17.5. The number of carbonyl (C=O) groups is 1. The summed E-state index contributed by atoms with van der Waals surface area (Å²) in [4.78, 5) is 16.7. The van der Waals surface area contributed by atoms with Crippen LogP contribution in [-0.4, -0.2) is 25.1 Å². The summed E-state index contributed by atoms with van der Waals surface area (Å²) < 4.78 is 10.4. The van der Waals surface area contributed by atoms with Crippen LogP contribution in [0.1, 0.15) is 31.1 Å². The van der Waals surface area contributed by atoms with Crippen LogP contribution in [0.15, 0.2) is 42.6 Å². The van der Waals surface area contributed by atoms with Crippen molar-refractivity contribution >= 4 is 5.91 Å². The molecule has 2 rings (SSSR count). The minimum atomic E-state index is -0.0819. The molecule has 0 aliphatic rings. The van der Waals surface area contributed by atoms with Gasteiger partial charge in [-0.25, -0.2) is 0 Å². The van der Waals surface area contributed by atoms with Gasteiger partial charge in [-0.3, -0.25) is 9.78 Å². The first kappa shape index (κ1) is 17.8. The highest BCUT2D eigenvalue weighted by atomic mass is 16.5. The van der Waals surface area contributed by atoms with Crippen LogP contribution in [0.5, 0.6) is 11.5 Å². The summed E-state index contributed by atoms with van der Waals surface area (Å²) in [5.41, 5.74) is 1.68. The Labute approximate surface area is 143 Å². The van der Waals surface area contributed by atoms with Crippen molar-refractivity contribution < 1.29 is 14.3 Å². The molecule has 0 radical (unpaired) electrons. The Kier molecular flexibility index (Phi) is 6.18. The molecule has 0 fully saturated rings. The van der Waals surface area contributed by atoms with E-state index >= 15 is 0 Å². The van der Waals surface area contributed by atoms with Gasteiger partial charge in [0, 0.05) is 6.20 Å². The average Bonchev–Trinajstić information content (AvgIpc) is 2.60. The van der Waals surface area contributed by atoms with Crippen molar-refractivity contribution in [1.29, 1.82) is 0 Å². The second-order valence-electron chi connectivity index (χ2n) is 5.89. The number of aromatic nitrogens is 1. The number of amides is 1. The number of rotatable bonds is 7. The normalized spacial score (nSPS) is 11.9. The van der Waals surface area contributed by atoms with E-state index in [2.05, 4.69) is 24.1 Å². The topological polar surface area (TPSA) is 60.5 Å². The second-order valence-corrected chi connectivity index (χ2v) is 5.89. The fraction of sp³-hybridized carbons (Fsp3) is 0.368. The van der Waals surface area contributed by atoms with Crippen molar-refractivity contribution in [2.45, 2.75) is 26.3 Å². The lowest BCUT2D eigenvalue weighted by Gasteiger charge is -2.23. The minimum Gasteiger partial charge on any atom is -0.497 e. The maximum atomic E-state index is 12.5. The van der Waals surface area contributed by atoms with E-state index in [9.17, 15) is 4.79 Å². The van der Waals surface area contributed by atoms with E-state index < -0.39 is 0 Å². The molecule has 5 heteroatoms. The maximum Gasteiger partial charge on any atom is 0.226 e. The van der Waals surface area contributed by atoms with Gasteiger partial charge >= 0.3 is 0 Å². The van der Waals surface area contributed by atoms with Gasteiger partial charge in [0.25, 0.3) is 0 Å². The van der Waals surface area contributed by atoms with Crippen molar-refractivity contribution in [3.8, 4) is 11.5 Å². The van der Waals surface area contributed by atoms with Crippen molar-refractivity contribution in [3.05, 3.63) is 53.9 Å². The number of carbonyl (C=O) groups excluding carboxylic acids is 1. The van der Waals surface area contributed by atoms with E-state index in [1.54, 1.807) is 32.5 Å². The SMILES string of the molecule is COc1ccc([C@@H](NC(=O)Cc2ncccc2OC)C(C)C)cc1. The van der Waals surface area contributed by atoms with E-state index in [1.165, 1.54) is 0 Å². The quantitative estimate of drug-likeness (QED) is 0.848. The van der Waals surface area contributed by atoms with Crippen molar-refractivity contribution in [1.82, 2.24) is 10.3 Å². The molecule has 1 amide bonds. The number of nitrogens with zero attached hydrogens (tertiary/aromatic N) is 1. The molecule has 1 aromatic heterocycles. The highest BCUT2D eigenvalue weighted by molar-refractivity contribution is 5.79. The number of benzene rings is 1. The standard InChI is InChI=1S/C19H24N2O3/c1-13(2)19(14-7-9-15(23-3)10-8-14)21-18(22)12-16-17(24-4)6-5-11-20-16/h5-11,13,19H,12H2,1-4H3,(H,21,22)/t19-/m0/s1. The van der Waals surface area contributed by atoms with Crippen LogP contribution >= 0.6 is 0 Å². The molecule has 0 spiro atoms. The third-order valence-electron chi connectivity index (χ3n) is 3.85. The summed E-state index contributed by atoms with van der Waals surface area (Å²) in [6.07, 6.45) is 1.85. The number of pyridine rings is 1. The van der Waals surface area contributed by atoms with Crippen LogP contribution in [0.3, 0.4) is 0 Å². The predicted octanol–water partition coefficient (Wildman–Crippen LogP) is 3.15. The third kappa shape index (κ3) is 4.47. The van der Waals surface area contributed by atoms with Gasteiger partial charge in [-0.1, -0.05) is 26.0 Å². The molecular weight excluding hydrogens is 304 g/mol. The fourth-order valence-electron chi connectivity index (χ4n) is 2.56. The van der Waals surface area contributed by atoms with Gasteiger partial charge in [0.1, 0.15) is 11.5 Å². The summed E-state index contributed by atoms with van der Waals surface area (Å²) in [7, 11) is 3.21. The van der Waals surface area contributed by atoms with Crippen molar-refractivity contribution in [2.75, 3.05) is 14.2 Å². The van der Waals surface area contributed by atoms with Crippen LogP contribution in [0, 0.1) is 5.92 Å². The highest BCUT2D eigenvalue weighted by Gasteiger charge is 2.19. The van der Waals surface area contributed by atoms with Gasteiger partial charge in [0.15, 0.2) is 0 Å². The second kappa shape index (κ2) is 8.34. The molecule has 0 saturated carbocycles. The summed E-state index contributed by atoms with van der Waals surface area (Å²) in [6.45, 7) is 4.16. The molecule has 1 heterocycles. The Morgan fingerprint density at radius 2 is 1.83 bits per heavy atom. The summed E-state index contributed by atoms with van der Waals surface area (Å²) in [6, 6.07) is 11.3. The predicted molar refractivity (Wildman–Crippen MR) is 93.2 cm³/mol. The van der Waals surface area contributed by atoms with Crippen LogP contribution in [0.25, 0.3) is 0 Å².